The van der Waals surface area contributed by atoms with Gasteiger partial charge >= 0.3 is 0 Å². The van der Waals surface area contributed by atoms with Crippen molar-refractivity contribution in [3.63, 3.8) is 0 Å². The number of pyridine rings is 1. The van der Waals surface area contributed by atoms with E-state index in [0.29, 0.717) is 28.9 Å². The van der Waals surface area contributed by atoms with Crippen LogP contribution in [-0.4, -0.2) is 24.0 Å². The van der Waals surface area contributed by atoms with Crippen LogP contribution >= 0.6 is 11.6 Å². The number of nitrogens with one attached hydrogen (secondary N) is 2. The molecule has 4 nitrogen and oxygen atoms in total. The fourth-order valence-electron chi connectivity index (χ4n) is 2.14. The Labute approximate surface area is 132 Å². The number of aromatic nitrogens is 1. The Hall–Kier alpha value is -1.29. The molecular weight excluding hydrogens is 286 g/mol. The topological polar surface area (TPSA) is 54.0 Å². The quantitative estimate of drug-likeness (QED) is 0.721. The number of unbranched alkanes of at least 4 members (excludes halogenated alkanes) is 1. The average molecular weight is 312 g/mol. The van der Waals surface area contributed by atoms with Crippen LogP contribution in [0.15, 0.2) is 12.3 Å². The molecule has 1 aromatic heterocycles. The second-order valence-corrected chi connectivity index (χ2v) is 5.62. The van der Waals surface area contributed by atoms with E-state index in [1.807, 2.05) is 6.92 Å². The summed E-state index contributed by atoms with van der Waals surface area (Å²) in [7, 11) is 0. The van der Waals surface area contributed by atoms with Gasteiger partial charge in [-0.05, 0) is 25.3 Å². The summed E-state index contributed by atoms with van der Waals surface area (Å²) in [6, 6.07) is 1.66. The Morgan fingerprint density at radius 3 is 2.71 bits per heavy atom. The van der Waals surface area contributed by atoms with Crippen molar-refractivity contribution in [3.8, 4) is 0 Å². The molecule has 1 atom stereocenters. The summed E-state index contributed by atoms with van der Waals surface area (Å²) in [6.45, 7) is 7.77. The molecule has 0 aromatic carbocycles. The second kappa shape index (κ2) is 9.61. The molecule has 0 fully saturated rings. The Balaban J connectivity index is 2.57. The van der Waals surface area contributed by atoms with Crippen molar-refractivity contribution >= 4 is 23.3 Å². The molecule has 5 heteroatoms. The van der Waals surface area contributed by atoms with Gasteiger partial charge < -0.3 is 10.6 Å². The van der Waals surface area contributed by atoms with E-state index in [-0.39, 0.29) is 5.91 Å². The maximum atomic E-state index is 12.1. The molecule has 118 valence electrons. The normalized spacial score (nSPS) is 12.0. The zero-order valence-corrected chi connectivity index (χ0v) is 14.0. The fourth-order valence-corrected chi connectivity index (χ4v) is 2.38. The van der Waals surface area contributed by atoms with Gasteiger partial charge in [0.15, 0.2) is 0 Å². The molecule has 1 heterocycles. The van der Waals surface area contributed by atoms with Gasteiger partial charge in [0.2, 0.25) is 0 Å². The van der Waals surface area contributed by atoms with Gasteiger partial charge in [0.1, 0.15) is 5.82 Å². The molecule has 0 aliphatic rings. The Morgan fingerprint density at radius 1 is 1.38 bits per heavy atom. The maximum Gasteiger partial charge on any atom is 0.252 e. The summed E-state index contributed by atoms with van der Waals surface area (Å²) in [6.07, 6.45) is 6.20. The molecule has 0 bridgehead atoms. The van der Waals surface area contributed by atoms with Gasteiger partial charge in [0.05, 0.1) is 10.6 Å². The van der Waals surface area contributed by atoms with Crippen LogP contribution in [0.25, 0.3) is 0 Å². The number of halogens is 1. The fraction of sp³-hybridized carbons (Fsp3) is 0.625. The number of carbonyl (C=O) groups is 1. The number of anilines is 1. The van der Waals surface area contributed by atoms with Gasteiger partial charge in [-0.1, -0.05) is 44.7 Å². The molecule has 1 aromatic rings. The number of rotatable bonds is 9. The zero-order valence-electron chi connectivity index (χ0n) is 13.2. The van der Waals surface area contributed by atoms with Gasteiger partial charge in [0.25, 0.3) is 5.91 Å². The van der Waals surface area contributed by atoms with Crippen LogP contribution in [0, 0.1) is 5.92 Å². The summed E-state index contributed by atoms with van der Waals surface area (Å²) >= 11 is 6.11. The van der Waals surface area contributed by atoms with E-state index >= 15 is 0 Å². The Bertz CT molecular complexity index is 451. The third kappa shape index (κ3) is 5.92. The third-order valence-corrected chi connectivity index (χ3v) is 3.83. The number of hydrogen-bond acceptors (Lipinski definition) is 3. The lowest BCUT2D eigenvalue weighted by Gasteiger charge is -2.15. The highest BCUT2D eigenvalue weighted by Crippen LogP contribution is 2.20. The van der Waals surface area contributed by atoms with E-state index in [1.54, 1.807) is 12.3 Å². The van der Waals surface area contributed by atoms with Crippen molar-refractivity contribution < 1.29 is 4.79 Å². The SMILES string of the molecule is CCCCC(CC)CNC(=O)c1cnc(NCC)c(Cl)c1. The van der Waals surface area contributed by atoms with Gasteiger partial charge in [-0.15, -0.1) is 0 Å². The highest BCUT2D eigenvalue weighted by molar-refractivity contribution is 6.33. The molecule has 0 aliphatic heterocycles. The minimum Gasteiger partial charge on any atom is -0.369 e. The summed E-state index contributed by atoms with van der Waals surface area (Å²) in [5.41, 5.74) is 0.506. The molecule has 1 rings (SSSR count). The summed E-state index contributed by atoms with van der Waals surface area (Å²) < 4.78 is 0. The highest BCUT2D eigenvalue weighted by Gasteiger charge is 2.12. The Kier molecular flexibility index (Phi) is 8.13. The van der Waals surface area contributed by atoms with Crippen LogP contribution < -0.4 is 10.6 Å². The first kappa shape index (κ1) is 17.8. The lowest BCUT2D eigenvalue weighted by Crippen LogP contribution is -2.29. The Morgan fingerprint density at radius 2 is 2.14 bits per heavy atom. The summed E-state index contributed by atoms with van der Waals surface area (Å²) in [5.74, 6) is 1.05. The van der Waals surface area contributed by atoms with Crippen molar-refractivity contribution in [2.75, 3.05) is 18.4 Å². The predicted octanol–water partition coefficient (Wildman–Crippen LogP) is 4.11. The minimum absolute atomic E-state index is 0.109. The number of hydrogen-bond donors (Lipinski definition) is 2. The van der Waals surface area contributed by atoms with Gasteiger partial charge in [-0.2, -0.15) is 0 Å². The number of nitrogens with zero attached hydrogens (tertiary/aromatic N) is 1. The summed E-state index contributed by atoms with van der Waals surface area (Å²) in [4.78, 5) is 16.3. The first-order chi connectivity index (χ1) is 10.1. The van der Waals surface area contributed by atoms with Crippen LogP contribution in [0.1, 0.15) is 56.8 Å². The van der Waals surface area contributed by atoms with Gasteiger partial charge in [0, 0.05) is 19.3 Å². The molecule has 0 aliphatic carbocycles. The van der Waals surface area contributed by atoms with E-state index in [0.717, 1.165) is 19.4 Å². The van der Waals surface area contributed by atoms with E-state index < -0.39 is 0 Å². The molecule has 0 spiro atoms. The largest absolute Gasteiger partial charge is 0.369 e. The minimum atomic E-state index is -0.109. The zero-order chi connectivity index (χ0) is 15.7. The van der Waals surface area contributed by atoms with Crippen LogP contribution in [0.4, 0.5) is 5.82 Å². The smallest absolute Gasteiger partial charge is 0.252 e. The lowest BCUT2D eigenvalue weighted by molar-refractivity contribution is 0.0945. The number of amides is 1. The van der Waals surface area contributed by atoms with Crippen LogP contribution in [0.2, 0.25) is 5.02 Å². The maximum absolute atomic E-state index is 12.1. The molecule has 1 amide bonds. The third-order valence-electron chi connectivity index (χ3n) is 3.54. The second-order valence-electron chi connectivity index (χ2n) is 5.21. The van der Waals surface area contributed by atoms with Crippen molar-refractivity contribution in [2.45, 2.75) is 46.5 Å². The first-order valence-corrected chi connectivity index (χ1v) is 8.17. The van der Waals surface area contributed by atoms with Crippen molar-refractivity contribution in [1.29, 1.82) is 0 Å². The molecule has 21 heavy (non-hydrogen) atoms. The predicted molar refractivity (Wildman–Crippen MR) is 89.0 cm³/mol. The van der Waals surface area contributed by atoms with Crippen LogP contribution in [0.5, 0.6) is 0 Å². The monoisotopic (exact) mass is 311 g/mol. The van der Waals surface area contributed by atoms with Gasteiger partial charge in [-0.25, -0.2) is 4.98 Å². The van der Waals surface area contributed by atoms with Crippen LogP contribution in [-0.2, 0) is 0 Å². The van der Waals surface area contributed by atoms with Crippen molar-refractivity contribution in [3.05, 3.63) is 22.8 Å². The van der Waals surface area contributed by atoms with Crippen LogP contribution in [0.3, 0.4) is 0 Å². The molecule has 0 radical (unpaired) electrons. The van der Waals surface area contributed by atoms with Crippen molar-refractivity contribution in [2.24, 2.45) is 5.92 Å². The van der Waals surface area contributed by atoms with E-state index in [1.165, 1.54) is 12.8 Å². The average Bonchev–Trinajstić information content (AvgIpc) is 2.49. The molecule has 0 saturated heterocycles. The van der Waals surface area contributed by atoms with E-state index in [2.05, 4.69) is 29.5 Å². The first-order valence-electron chi connectivity index (χ1n) is 7.79. The molecule has 2 N–H and O–H groups in total. The standard InChI is InChI=1S/C16H26ClN3O/c1-4-7-8-12(5-2)10-20-16(21)13-9-14(17)15(18-6-3)19-11-13/h9,11-12H,4-8,10H2,1-3H3,(H,18,19)(H,20,21). The summed E-state index contributed by atoms with van der Waals surface area (Å²) in [5, 5.41) is 6.50. The number of carbonyl (C=O) groups excluding carboxylic acids is 1. The molecule has 0 saturated carbocycles. The van der Waals surface area contributed by atoms with Crippen molar-refractivity contribution in [1.82, 2.24) is 10.3 Å². The molecule has 1 unspecified atom stereocenters. The lowest BCUT2D eigenvalue weighted by atomic mass is 9.99. The highest BCUT2D eigenvalue weighted by atomic mass is 35.5. The molecular formula is C16H26ClN3O. The van der Waals surface area contributed by atoms with E-state index in [9.17, 15) is 4.79 Å². The van der Waals surface area contributed by atoms with Gasteiger partial charge in [-0.3, -0.25) is 4.79 Å². The van der Waals surface area contributed by atoms with E-state index in [4.69, 9.17) is 11.6 Å².